The molecule has 27 heavy (non-hydrogen) atoms. The topological polar surface area (TPSA) is 66.5 Å². The number of carbonyl (C=O) groups excluding carboxylic acids is 1. The Morgan fingerprint density at radius 2 is 1.89 bits per heavy atom. The van der Waals surface area contributed by atoms with Crippen molar-refractivity contribution in [3.8, 4) is 0 Å². The van der Waals surface area contributed by atoms with E-state index in [1.54, 1.807) is 11.8 Å². The van der Waals surface area contributed by atoms with Gasteiger partial charge < -0.3 is 5.32 Å². The van der Waals surface area contributed by atoms with E-state index in [4.69, 9.17) is 0 Å². The van der Waals surface area contributed by atoms with Gasteiger partial charge in [-0.15, -0.1) is 11.8 Å². The molecule has 0 aliphatic rings. The van der Waals surface area contributed by atoms with Crippen LogP contribution in [-0.4, -0.2) is 39.4 Å². The van der Waals surface area contributed by atoms with E-state index in [1.165, 1.54) is 28.7 Å². The fourth-order valence-electron chi connectivity index (χ4n) is 2.34. The van der Waals surface area contributed by atoms with Crippen molar-refractivity contribution in [2.24, 2.45) is 0 Å². The number of nitrogens with zero attached hydrogens (tertiary/aromatic N) is 1. The molecule has 8 heteroatoms. The molecule has 0 aliphatic heterocycles. The zero-order chi connectivity index (χ0) is 19.9. The quantitative estimate of drug-likeness (QED) is 0.509. The first-order chi connectivity index (χ1) is 12.8. The molecule has 0 saturated carbocycles. The maximum Gasteiger partial charge on any atom is 0.240 e. The molecule has 0 atom stereocenters. The van der Waals surface area contributed by atoms with Crippen LogP contribution in [0.3, 0.4) is 0 Å². The molecule has 146 valence electrons. The smallest absolute Gasteiger partial charge is 0.240 e. The molecule has 5 nitrogen and oxygen atoms in total. The minimum absolute atomic E-state index is 0.127. The summed E-state index contributed by atoms with van der Waals surface area (Å²) in [5.41, 5.74) is 1.34. The van der Waals surface area contributed by atoms with E-state index in [0.717, 1.165) is 28.8 Å². The second-order valence-electron chi connectivity index (χ2n) is 6.11. The number of aryl methyl sites for hydroxylation is 1. The van der Waals surface area contributed by atoms with Crippen molar-refractivity contribution in [2.75, 3.05) is 29.4 Å². The normalized spacial score (nSPS) is 11.2. The minimum Gasteiger partial charge on any atom is -0.354 e. The fourth-order valence-corrected chi connectivity index (χ4v) is 4.04. The first-order valence-electron chi connectivity index (χ1n) is 8.45. The Hall–Kier alpha value is -2.06. The number of thioether (sulfide) groups is 1. The number of hydrogen-bond donors (Lipinski definition) is 1. The maximum absolute atomic E-state index is 13.4. The van der Waals surface area contributed by atoms with Gasteiger partial charge in [-0.05, 0) is 49.4 Å². The zero-order valence-electron chi connectivity index (χ0n) is 15.3. The third-order valence-electron chi connectivity index (χ3n) is 3.72. The summed E-state index contributed by atoms with van der Waals surface area (Å²) in [5.74, 6) is -0.150. The lowest BCUT2D eigenvalue weighted by atomic mass is 10.2. The first kappa shape index (κ1) is 21.2. The number of amides is 1. The van der Waals surface area contributed by atoms with Crippen LogP contribution < -0.4 is 9.62 Å². The van der Waals surface area contributed by atoms with Crippen LogP contribution in [0.15, 0.2) is 53.4 Å². The molecular formula is C19H23FN2O3S2. The van der Waals surface area contributed by atoms with Gasteiger partial charge in [0, 0.05) is 11.4 Å². The van der Waals surface area contributed by atoms with Crippen molar-refractivity contribution >= 4 is 33.4 Å². The van der Waals surface area contributed by atoms with Crippen LogP contribution in [0.5, 0.6) is 0 Å². The van der Waals surface area contributed by atoms with Gasteiger partial charge in [0.2, 0.25) is 15.9 Å². The molecule has 2 rings (SSSR count). The van der Waals surface area contributed by atoms with Gasteiger partial charge in [-0.1, -0.05) is 23.8 Å². The second kappa shape index (κ2) is 9.75. The van der Waals surface area contributed by atoms with Crippen molar-refractivity contribution in [1.82, 2.24) is 5.32 Å². The Bertz CT molecular complexity index is 871. The Labute approximate surface area is 164 Å². The molecule has 0 radical (unpaired) electrons. The molecule has 0 bridgehead atoms. The van der Waals surface area contributed by atoms with Crippen molar-refractivity contribution in [3.05, 3.63) is 59.9 Å². The van der Waals surface area contributed by atoms with E-state index in [0.29, 0.717) is 6.54 Å². The molecular weight excluding hydrogens is 387 g/mol. The SMILES string of the molecule is Cc1ccc(SCCCNC(=O)CN(c2cccc(F)c2)S(C)(=O)=O)cc1. The number of nitrogens with one attached hydrogen (secondary N) is 1. The predicted molar refractivity (Wildman–Crippen MR) is 108 cm³/mol. The summed E-state index contributed by atoms with van der Waals surface area (Å²) in [5, 5.41) is 2.71. The highest BCUT2D eigenvalue weighted by atomic mass is 32.2. The third-order valence-corrected chi connectivity index (χ3v) is 5.96. The molecule has 2 aromatic rings. The third kappa shape index (κ3) is 7.22. The highest BCUT2D eigenvalue weighted by molar-refractivity contribution is 7.99. The number of hydrogen-bond acceptors (Lipinski definition) is 4. The van der Waals surface area contributed by atoms with Crippen LogP contribution in [0, 0.1) is 12.7 Å². The van der Waals surface area contributed by atoms with Crippen LogP contribution in [-0.2, 0) is 14.8 Å². The molecule has 0 saturated heterocycles. The molecule has 0 heterocycles. The van der Waals surface area contributed by atoms with Gasteiger partial charge in [-0.25, -0.2) is 12.8 Å². The number of halogens is 1. The van der Waals surface area contributed by atoms with Crippen LogP contribution in [0.2, 0.25) is 0 Å². The lowest BCUT2D eigenvalue weighted by molar-refractivity contribution is -0.119. The van der Waals surface area contributed by atoms with Gasteiger partial charge in [0.25, 0.3) is 0 Å². The van der Waals surface area contributed by atoms with Crippen LogP contribution in [0.25, 0.3) is 0 Å². The summed E-state index contributed by atoms with van der Waals surface area (Å²) in [6.45, 7) is 2.10. The number of sulfonamides is 1. The van der Waals surface area contributed by atoms with E-state index in [2.05, 4.69) is 29.6 Å². The number of benzene rings is 2. The summed E-state index contributed by atoms with van der Waals surface area (Å²) in [6, 6.07) is 13.4. The molecule has 0 fully saturated rings. The summed E-state index contributed by atoms with van der Waals surface area (Å²) in [6.07, 6.45) is 1.74. The summed E-state index contributed by atoms with van der Waals surface area (Å²) >= 11 is 1.70. The molecule has 0 aromatic heterocycles. The first-order valence-corrected chi connectivity index (χ1v) is 11.3. The summed E-state index contributed by atoms with van der Waals surface area (Å²) in [7, 11) is -3.70. The number of anilines is 1. The van der Waals surface area contributed by atoms with E-state index in [-0.39, 0.29) is 12.2 Å². The number of rotatable bonds is 9. The van der Waals surface area contributed by atoms with Crippen LogP contribution >= 0.6 is 11.8 Å². The van der Waals surface area contributed by atoms with Gasteiger partial charge in [0.15, 0.2) is 0 Å². The van der Waals surface area contributed by atoms with E-state index in [1.807, 2.05) is 6.92 Å². The van der Waals surface area contributed by atoms with Gasteiger partial charge in [0.1, 0.15) is 12.4 Å². The zero-order valence-corrected chi connectivity index (χ0v) is 16.9. The monoisotopic (exact) mass is 410 g/mol. The largest absolute Gasteiger partial charge is 0.354 e. The predicted octanol–water partition coefficient (Wildman–Crippen LogP) is 3.20. The standard InChI is InChI=1S/C19H23FN2O3S2/c1-15-7-9-18(10-8-15)26-12-4-11-21-19(23)14-22(27(2,24)25)17-6-3-5-16(20)13-17/h3,5-10,13H,4,11-12,14H2,1-2H3,(H,21,23). The van der Waals surface area contributed by atoms with E-state index in [9.17, 15) is 17.6 Å². The fraction of sp³-hybridized carbons (Fsp3) is 0.316. The Morgan fingerprint density at radius 1 is 1.19 bits per heavy atom. The summed E-state index contributed by atoms with van der Waals surface area (Å²) < 4.78 is 38.2. The Kier molecular flexibility index (Phi) is 7.67. The molecule has 1 N–H and O–H groups in total. The highest BCUT2D eigenvalue weighted by Gasteiger charge is 2.20. The van der Waals surface area contributed by atoms with Gasteiger partial charge in [-0.2, -0.15) is 0 Å². The van der Waals surface area contributed by atoms with Crippen molar-refractivity contribution in [1.29, 1.82) is 0 Å². The second-order valence-corrected chi connectivity index (χ2v) is 9.19. The van der Waals surface area contributed by atoms with Crippen LogP contribution in [0.1, 0.15) is 12.0 Å². The van der Waals surface area contributed by atoms with Crippen molar-refractivity contribution < 1.29 is 17.6 Å². The van der Waals surface area contributed by atoms with E-state index < -0.39 is 21.7 Å². The summed E-state index contributed by atoms with van der Waals surface area (Å²) in [4.78, 5) is 13.3. The Morgan fingerprint density at radius 3 is 2.52 bits per heavy atom. The average molecular weight is 411 g/mol. The Balaban J connectivity index is 1.81. The lowest BCUT2D eigenvalue weighted by Gasteiger charge is -2.21. The number of carbonyl (C=O) groups is 1. The van der Waals surface area contributed by atoms with Gasteiger partial charge >= 0.3 is 0 Å². The molecule has 0 spiro atoms. The molecule has 1 amide bonds. The van der Waals surface area contributed by atoms with Gasteiger partial charge in [-0.3, -0.25) is 9.10 Å². The highest BCUT2D eigenvalue weighted by Crippen LogP contribution is 2.19. The van der Waals surface area contributed by atoms with Crippen molar-refractivity contribution in [2.45, 2.75) is 18.2 Å². The van der Waals surface area contributed by atoms with Gasteiger partial charge in [0.05, 0.1) is 11.9 Å². The average Bonchev–Trinajstić information content (AvgIpc) is 2.60. The molecule has 0 unspecified atom stereocenters. The molecule has 2 aromatic carbocycles. The lowest BCUT2D eigenvalue weighted by Crippen LogP contribution is -2.40. The van der Waals surface area contributed by atoms with Crippen LogP contribution in [0.4, 0.5) is 10.1 Å². The van der Waals surface area contributed by atoms with Crippen molar-refractivity contribution in [3.63, 3.8) is 0 Å². The molecule has 0 aliphatic carbocycles. The van der Waals surface area contributed by atoms with E-state index >= 15 is 0 Å². The minimum atomic E-state index is -3.70. The maximum atomic E-state index is 13.4.